The average molecular weight is 487 g/mol. The van der Waals surface area contributed by atoms with Crippen molar-refractivity contribution in [3.8, 4) is 0 Å². The number of carbonyl (C=O) groups is 2. The summed E-state index contributed by atoms with van der Waals surface area (Å²) < 4.78 is 5.56. The average Bonchev–Trinajstić information content (AvgIpc) is 3.25. The van der Waals surface area contributed by atoms with Crippen molar-refractivity contribution in [2.24, 2.45) is 52.3 Å². The number of aldehydes is 1. The second kappa shape index (κ2) is 9.62. The molecule has 198 valence electrons. The maximum Gasteiger partial charge on any atom is 0.302 e. The molecular weight excluding hydrogens is 436 g/mol. The van der Waals surface area contributed by atoms with Crippen LogP contribution in [0.5, 0.6) is 0 Å². The molecule has 0 heterocycles. The number of hydrogen-bond donors (Lipinski definition) is 1. The first-order valence-electron chi connectivity index (χ1n) is 14.5. The second-order valence-electron chi connectivity index (χ2n) is 13.5. The standard InChI is InChI=1S/C31H50O4/c1-8-19(2)20(3)9-10-21(4)24-11-12-25-28-26(14-15-29(24,25)6)30(7)16-13-23(35-22(5)33)17-31(30,34)27(28)18-32/h18-19,21,23-28,34H,3,8-17H2,1-2,4-7H3. The molecule has 0 aromatic carbocycles. The van der Waals surface area contributed by atoms with Gasteiger partial charge >= 0.3 is 5.97 Å². The van der Waals surface area contributed by atoms with Crippen LogP contribution in [0, 0.1) is 52.3 Å². The predicted octanol–water partition coefficient (Wildman–Crippen LogP) is 6.75. The summed E-state index contributed by atoms with van der Waals surface area (Å²) in [5.41, 5.74) is 0.264. The van der Waals surface area contributed by atoms with E-state index in [1.807, 2.05) is 0 Å². The molecule has 11 unspecified atom stereocenters. The fraction of sp³-hybridized carbons (Fsp3) is 0.871. The molecule has 0 spiro atoms. The van der Waals surface area contributed by atoms with E-state index >= 15 is 0 Å². The summed E-state index contributed by atoms with van der Waals surface area (Å²) >= 11 is 0. The third-order valence-corrected chi connectivity index (χ3v) is 12.1. The second-order valence-corrected chi connectivity index (χ2v) is 13.5. The summed E-state index contributed by atoms with van der Waals surface area (Å²) in [7, 11) is 0. The summed E-state index contributed by atoms with van der Waals surface area (Å²) in [6.45, 7) is 17.5. The van der Waals surface area contributed by atoms with Crippen molar-refractivity contribution >= 4 is 12.3 Å². The Kier molecular flexibility index (Phi) is 7.39. The first-order valence-corrected chi connectivity index (χ1v) is 14.5. The van der Waals surface area contributed by atoms with Crippen LogP contribution in [0.25, 0.3) is 0 Å². The molecule has 0 saturated heterocycles. The largest absolute Gasteiger partial charge is 0.462 e. The Morgan fingerprint density at radius 1 is 1.14 bits per heavy atom. The number of rotatable bonds is 8. The SMILES string of the molecule is C=C(CCC(C)C1CCC2C3C(CCC12C)C1(C)CCC(OC(C)=O)CC1(O)C3C=O)C(C)CC. The highest BCUT2D eigenvalue weighted by Gasteiger charge is 2.72. The molecule has 0 bridgehead atoms. The molecule has 0 aromatic rings. The Bertz CT molecular complexity index is 836. The highest BCUT2D eigenvalue weighted by molar-refractivity contribution is 5.66. The number of ether oxygens (including phenoxy) is 1. The van der Waals surface area contributed by atoms with Crippen LogP contribution >= 0.6 is 0 Å². The van der Waals surface area contributed by atoms with Gasteiger partial charge in [-0.1, -0.05) is 46.8 Å². The molecule has 4 rings (SSSR count). The minimum Gasteiger partial charge on any atom is -0.462 e. The summed E-state index contributed by atoms with van der Waals surface area (Å²) in [6, 6.07) is 0. The molecule has 35 heavy (non-hydrogen) atoms. The van der Waals surface area contributed by atoms with Crippen LogP contribution in [0.4, 0.5) is 0 Å². The Labute approximate surface area is 213 Å². The van der Waals surface area contributed by atoms with Crippen molar-refractivity contribution in [3.05, 3.63) is 12.2 Å². The van der Waals surface area contributed by atoms with E-state index < -0.39 is 5.60 Å². The van der Waals surface area contributed by atoms with Crippen molar-refractivity contribution in [1.29, 1.82) is 0 Å². The first-order chi connectivity index (χ1) is 16.4. The van der Waals surface area contributed by atoms with Crippen molar-refractivity contribution in [1.82, 2.24) is 0 Å². The van der Waals surface area contributed by atoms with Crippen molar-refractivity contribution in [2.45, 2.75) is 117 Å². The molecule has 4 fully saturated rings. The van der Waals surface area contributed by atoms with Gasteiger partial charge < -0.3 is 14.6 Å². The summed E-state index contributed by atoms with van der Waals surface area (Å²) in [6.07, 6.45) is 11.0. The lowest BCUT2D eigenvalue weighted by Gasteiger charge is -2.52. The van der Waals surface area contributed by atoms with Crippen molar-refractivity contribution < 1.29 is 19.4 Å². The fourth-order valence-corrected chi connectivity index (χ4v) is 9.80. The molecule has 4 saturated carbocycles. The third-order valence-electron chi connectivity index (χ3n) is 12.1. The van der Waals surface area contributed by atoms with Gasteiger partial charge in [-0.3, -0.25) is 4.79 Å². The highest BCUT2D eigenvalue weighted by Crippen LogP contribution is 2.73. The van der Waals surface area contributed by atoms with Gasteiger partial charge in [-0.15, -0.1) is 0 Å². The van der Waals surface area contributed by atoms with Crippen LogP contribution in [0.2, 0.25) is 0 Å². The maximum absolute atomic E-state index is 12.7. The minimum absolute atomic E-state index is 0.231. The van der Waals surface area contributed by atoms with Gasteiger partial charge in [0.25, 0.3) is 0 Å². The number of allylic oxidation sites excluding steroid dienone is 1. The number of hydrogen-bond acceptors (Lipinski definition) is 4. The number of carbonyl (C=O) groups excluding carboxylic acids is 2. The summed E-state index contributed by atoms with van der Waals surface area (Å²) in [4.78, 5) is 24.3. The molecule has 4 heteroatoms. The van der Waals surface area contributed by atoms with E-state index in [0.717, 1.165) is 38.4 Å². The third kappa shape index (κ3) is 4.14. The Morgan fingerprint density at radius 2 is 1.86 bits per heavy atom. The van der Waals surface area contributed by atoms with E-state index in [-0.39, 0.29) is 34.7 Å². The van der Waals surface area contributed by atoms with E-state index in [1.54, 1.807) is 0 Å². The van der Waals surface area contributed by atoms with E-state index in [2.05, 4.69) is 41.2 Å². The Hall–Kier alpha value is -1.16. The summed E-state index contributed by atoms with van der Waals surface area (Å²) in [5, 5.41) is 12.2. The molecule has 0 radical (unpaired) electrons. The van der Waals surface area contributed by atoms with E-state index in [9.17, 15) is 14.7 Å². The van der Waals surface area contributed by atoms with E-state index in [1.165, 1.54) is 38.2 Å². The predicted molar refractivity (Wildman–Crippen MR) is 140 cm³/mol. The van der Waals surface area contributed by atoms with E-state index in [4.69, 9.17) is 4.74 Å². The van der Waals surface area contributed by atoms with Crippen molar-refractivity contribution in [2.75, 3.05) is 0 Å². The number of fused-ring (bicyclic) bond motifs is 5. The Balaban J connectivity index is 1.56. The zero-order valence-electron chi connectivity index (χ0n) is 23.1. The zero-order chi connectivity index (χ0) is 25.8. The number of esters is 1. The molecule has 4 aliphatic carbocycles. The lowest BCUT2D eigenvalue weighted by Crippen LogP contribution is -2.55. The molecule has 0 amide bonds. The van der Waals surface area contributed by atoms with Crippen LogP contribution in [0.1, 0.15) is 106 Å². The molecule has 0 aliphatic heterocycles. The van der Waals surface area contributed by atoms with Gasteiger partial charge in [-0.25, -0.2) is 0 Å². The molecule has 1 N–H and O–H groups in total. The first kappa shape index (κ1) is 26.9. The van der Waals surface area contributed by atoms with Crippen molar-refractivity contribution in [3.63, 3.8) is 0 Å². The minimum atomic E-state index is -1.08. The van der Waals surface area contributed by atoms with Crippen LogP contribution in [0.15, 0.2) is 12.2 Å². The van der Waals surface area contributed by atoms with Gasteiger partial charge in [0.05, 0.1) is 5.60 Å². The van der Waals surface area contributed by atoms with Crippen LogP contribution in [-0.4, -0.2) is 29.1 Å². The van der Waals surface area contributed by atoms with Gasteiger partial charge in [-0.05, 0) is 98.7 Å². The van der Waals surface area contributed by atoms with E-state index in [0.29, 0.717) is 36.0 Å². The lowest BCUT2D eigenvalue weighted by molar-refractivity contribution is -0.174. The lowest BCUT2D eigenvalue weighted by atomic mass is 9.53. The topological polar surface area (TPSA) is 63.6 Å². The van der Waals surface area contributed by atoms with Gasteiger partial charge in [0.2, 0.25) is 0 Å². The normalized spacial score (nSPS) is 46.1. The van der Waals surface area contributed by atoms with Gasteiger partial charge in [-0.2, -0.15) is 0 Å². The Morgan fingerprint density at radius 3 is 2.49 bits per heavy atom. The fourth-order valence-electron chi connectivity index (χ4n) is 9.80. The zero-order valence-corrected chi connectivity index (χ0v) is 23.1. The smallest absolute Gasteiger partial charge is 0.302 e. The van der Waals surface area contributed by atoms with Crippen LogP contribution in [0.3, 0.4) is 0 Å². The van der Waals surface area contributed by atoms with Gasteiger partial charge in [0.1, 0.15) is 12.4 Å². The van der Waals surface area contributed by atoms with Gasteiger partial charge in [0.15, 0.2) is 0 Å². The molecule has 11 atom stereocenters. The molecular formula is C31H50O4. The van der Waals surface area contributed by atoms with Gasteiger partial charge in [0, 0.05) is 24.7 Å². The highest BCUT2D eigenvalue weighted by atomic mass is 16.5. The van der Waals surface area contributed by atoms with Crippen LogP contribution < -0.4 is 0 Å². The molecule has 0 aromatic heterocycles. The molecule has 4 nitrogen and oxygen atoms in total. The van der Waals surface area contributed by atoms with Crippen LogP contribution in [-0.2, 0) is 14.3 Å². The molecule has 4 aliphatic rings. The number of aliphatic hydroxyl groups is 1. The maximum atomic E-state index is 12.7. The summed E-state index contributed by atoms with van der Waals surface area (Å²) in [5.74, 6) is 2.36. The monoisotopic (exact) mass is 486 g/mol. The quantitative estimate of drug-likeness (QED) is 0.234.